The molecule has 1 rings (SSSR count). The molecule has 1 amide bonds. The lowest BCUT2D eigenvalue weighted by atomic mass is 10.0. The maximum absolute atomic E-state index is 11.3. The van der Waals surface area contributed by atoms with Crippen molar-refractivity contribution in [1.82, 2.24) is 5.32 Å². The van der Waals surface area contributed by atoms with Crippen molar-refractivity contribution in [3.8, 4) is 0 Å². The van der Waals surface area contributed by atoms with Crippen LogP contribution in [0, 0.1) is 11.8 Å². The number of carbonyl (C=O) groups is 1. The molecule has 0 spiro atoms. The molecule has 3 heteroatoms. The molecule has 3 nitrogen and oxygen atoms in total. The summed E-state index contributed by atoms with van der Waals surface area (Å²) in [6.07, 6.45) is 4.28. The Bertz CT molecular complexity index is 166. The molecule has 0 saturated heterocycles. The van der Waals surface area contributed by atoms with Crippen LogP contribution in [0.1, 0.15) is 32.6 Å². The van der Waals surface area contributed by atoms with Gasteiger partial charge < -0.3 is 11.1 Å². The lowest BCUT2D eigenvalue weighted by Crippen LogP contribution is -2.31. The molecule has 0 radical (unpaired) electrons. The third kappa shape index (κ3) is 3.77. The van der Waals surface area contributed by atoms with Gasteiger partial charge in [0, 0.05) is 12.5 Å². The average molecular weight is 184 g/mol. The van der Waals surface area contributed by atoms with Gasteiger partial charge in [0.15, 0.2) is 0 Å². The first kappa shape index (κ1) is 10.5. The minimum absolute atomic E-state index is 0.246. The second kappa shape index (κ2) is 5.22. The van der Waals surface area contributed by atoms with E-state index in [0.717, 1.165) is 38.8 Å². The van der Waals surface area contributed by atoms with E-state index in [1.165, 1.54) is 0 Å². The van der Waals surface area contributed by atoms with Gasteiger partial charge >= 0.3 is 0 Å². The van der Waals surface area contributed by atoms with Crippen LogP contribution in [0.25, 0.3) is 0 Å². The fourth-order valence-electron chi connectivity index (χ4n) is 1.42. The molecule has 0 aromatic rings. The summed E-state index contributed by atoms with van der Waals surface area (Å²) in [5, 5.41) is 2.99. The molecule has 3 N–H and O–H groups in total. The zero-order chi connectivity index (χ0) is 9.68. The van der Waals surface area contributed by atoms with Crippen molar-refractivity contribution in [2.75, 3.05) is 13.1 Å². The van der Waals surface area contributed by atoms with Crippen LogP contribution in [0.15, 0.2) is 0 Å². The van der Waals surface area contributed by atoms with E-state index in [1.54, 1.807) is 0 Å². The molecule has 76 valence electrons. The van der Waals surface area contributed by atoms with Crippen LogP contribution >= 0.6 is 0 Å². The summed E-state index contributed by atoms with van der Waals surface area (Å²) in [7, 11) is 0. The minimum Gasteiger partial charge on any atom is -0.356 e. The Balaban J connectivity index is 2.10. The van der Waals surface area contributed by atoms with Gasteiger partial charge in [-0.15, -0.1) is 0 Å². The van der Waals surface area contributed by atoms with Gasteiger partial charge in [0.25, 0.3) is 0 Å². The molecule has 0 bridgehead atoms. The molecule has 1 aliphatic rings. The highest BCUT2D eigenvalue weighted by molar-refractivity contribution is 5.80. The summed E-state index contributed by atoms with van der Waals surface area (Å²) in [5.74, 6) is 1.14. The topological polar surface area (TPSA) is 55.1 Å². The second-order valence-corrected chi connectivity index (χ2v) is 3.87. The predicted octanol–water partition coefficient (Wildman–Crippen LogP) is 0.888. The Morgan fingerprint density at radius 1 is 1.62 bits per heavy atom. The molecule has 0 heterocycles. The summed E-state index contributed by atoms with van der Waals surface area (Å²) in [6.45, 7) is 3.67. The summed E-state index contributed by atoms with van der Waals surface area (Å²) in [4.78, 5) is 11.3. The van der Waals surface area contributed by atoms with Crippen molar-refractivity contribution in [2.45, 2.75) is 32.6 Å². The van der Waals surface area contributed by atoms with Crippen LogP contribution in [-0.4, -0.2) is 19.0 Å². The van der Waals surface area contributed by atoms with Crippen molar-refractivity contribution in [2.24, 2.45) is 17.6 Å². The van der Waals surface area contributed by atoms with Crippen LogP contribution in [0.2, 0.25) is 0 Å². The molecule has 0 aromatic heterocycles. The Hall–Kier alpha value is -0.570. The summed E-state index contributed by atoms with van der Waals surface area (Å²) in [5.41, 5.74) is 5.47. The second-order valence-electron chi connectivity index (χ2n) is 3.87. The molecular formula is C10H20N2O. The molecule has 13 heavy (non-hydrogen) atoms. The first-order valence-corrected chi connectivity index (χ1v) is 5.25. The number of hydrogen-bond donors (Lipinski definition) is 2. The van der Waals surface area contributed by atoms with Gasteiger partial charge in [0.1, 0.15) is 0 Å². The molecule has 1 unspecified atom stereocenters. The Morgan fingerprint density at radius 2 is 2.31 bits per heavy atom. The van der Waals surface area contributed by atoms with E-state index in [-0.39, 0.29) is 5.91 Å². The van der Waals surface area contributed by atoms with Crippen LogP contribution < -0.4 is 11.1 Å². The number of nitrogens with two attached hydrogens (primary N) is 1. The summed E-state index contributed by atoms with van der Waals surface area (Å²) in [6, 6.07) is 0. The van der Waals surface area contributed by atoms with Gasteiger partial charge in [0.05, 0.1) is 0 Å². The van der Waals surface area contributed by atoms with Gasteiger partial charge in [-0.3, -0.25) is 4.79 Å². The highest BCUT2D eigenvalue weighted by Gasteiger charge is 2.29. The van der Waals surface area contributed by atoms with Crippen LogP contribution in [0.3, 0.4) is 0 Å². The molecule has 1 aliphatic carbocycles. The van der Waals surface area contributed by atoms with E-state index in [2.05, 4.69) is 12.2 Å². The van der Waals surface area contributed by atoms with E-state index in [1.807, 2.05) is 0 Å². The van der Waals surface area contributed by atoms with Gasteiger partial charge in [-0.2, -0.15) is 0 Å². The van der Waals surface area contributed by atoms with E-state index in [0.29, 0.717) is 11.8 Å². The Morgan fingerprint density at radius 3 is 2.77 bits per heavy atom. The molecule has 0 aromatic carbocycles. The van der Waals surface area contributed by atoms with Crippen LogP contribution in [-0.2, 0) is 4.79 Å². The predicted molar refractivity (Wildman–Crippen MR) is 53.2 cm³/mol. The summed E-state index contributed by atoms with van der Waals surface area (Å²) >= 11 is 0. The Kier molecular flexibility index (Phi) is 4.22. The molecular weight excluding hydrogens is 164 g/mol. The normalized spacial score (nSPS) is 18.3. The largest absolute Gasteiger partial charge is 0.356 e. The minimum atomic E-state index is 0.246. The summed E-state index contributed by atoms with van der Waals surface area (Å²) < 4.78 is 0. The van der Waals surface area contributed by atoms with E-state index in [9.17, 15) is 4.79 Å². The number of hydrogen-bond acceptors (Lipinski definition) is 2. The quantitative estimate of drug-likeness (QED) is 0.644. The number of rotatable bonds is 6. The first-order valence-electron chi connectivity index (χ1n) is 5.25. The fourth-order valence-corrected chi connectivity index (χ4v) is 1.42. The van der Waals surface area contributed by atoms with Crippen molar-refractivity contribution in [3.05, 3.63) is 0 Å². The van der Waals surface area contributed by atoms with Gasteiger partial charge in [0.2, 0.25) is 5.91 Å². The third-order valence-corrected chi connectivity index (χ3v) is 2.67. The molecule has 0 aliphatic heterocycles. The van der Waals surface area contributed by atoms with Crippen molar-refractivity contribution >= 4 is 5.91 Å². The fraction of sp³-hybridized carbons (Fsp3) is 0.900. The van der Waals surface area contributed by atoms with Gasteiger partial charge in [-0.25, -0.2) is 0 Å². The highest BCUT2D eigenvalue weighted by Crippen LogP contribution is 2.28. The van der Waals surface area contributed by atoms with E-state index < -0.39 is 0 Å². The lowest BCUT2D eigenvalue weighted by molar-refractivity contribution is -0.122. The van der Waals surface area contributed by atoms with Crippen molar-refractivity contribution < 1.29 is 4.79 Å². The zero-order valence-electron chi connectivity index (χ0n) is 8.38. The zero-order valence-corrected chi connectivity index (χ0v) is 8.38. The van der Waals surface area contributed by atoms with E-state index in [4.69, 9.17) is 5.73 Å². The molecule has 1 fully saturated rings. The van der Waals surface area contributed by atoms with Crippen LogP contribution in [0.4, 0.5) is 0 Å². The van der Waals surface area contributed by atoms with Gasteiger partial charge in [-0.1, -0.05) is 13.3 Å². The lowest BCUT2D eigenvalue weighted by Gasteiger charge is -2.14. The first-order chi connectivity index (χ1) is 6.27. The van der Waals surface area contributed by atoms with Crippen LogP contribution in [0.5, 0.6) is 0 Å². The Labute approximate surface area is 80.1 Å². The highest BCUT2D eigenvalue weighted by atomic mass is 16.2. The van der Waals surface area contributed by atoms with Gasteiger partial charge in [-0.05, 0) is 31.7 Å². The number of amides is 1. The van der Waals surface area contributed by atoms with E-state index >= 15 is 0 Å². The molecule has 1 saturated carbocycles. The maximum atomic E-state index is 11.3. The number of nitrogens with one attached hydrogen (secondary N) is 1. The monoisotopic (exact) mass is 184 g/mol. The third-order valence-electron chi connectivity index (χ3n) is 2.67. The molecule has 1 atom stereocenters. The maximum Gasteiger partial charge on any atom is 0.223 e. The average Bonchev–Trinajstić information content (AvgIpc) is 2.94. The SMILES string of the molecule is CCC(CCN)CNC(=O)C1CC1. The smallest absolute Gasteiger partial charge is 0.223 e. The number of carbonyl (C=O) groups excluding carboxylic acids is 1. The standard InChI is InChI=1S/C10H20N2O/c1-2-8(5-6-11)7-12-10(13)9-3-4-9/h8-9H,2-7,11H2,1H3,(H,12,13). The van der Waals surface area contributed by atoms with Crippen molar-refractivity contribution in [1.29, 1.82) is 0 Å². The van der Waals surface area contributed by atoms with Crippen molar-refractivity contribution in [3.63, 3.8) is 0 Å².